The Bertz CT molecular complexity index is 1060. The van der Waals surface area contributed by atoms with E-state index in [-0.39, 0.29) is 0 Å². The third-order valence-corrected chi connectivity index (χ3v) is 5.52. The Kier molecular flexibility index (Phi) is 5.33. The van der Waals surface area contributed by atoms with Gasteiger partial charge in [0.15, 0.2) is 0 Å². The van der Waals surface area contributed by atoms with Crippen molar-refractivity contribution in [1.29, 1.82) is 0 Å². The molecule has 1 aromatic carbocycles. The number of carboxylic acid groups (broad SMARTS) is 1. The molecule has 30 heavy (non-hydrogen) atoms. The van der Waals surface area contributed by atoms with Crippen LogP contribution in [-0.2, 0) is 11.0 Å². The molecule has 0 spiro atoms. The summed E-state index contributed by atoms with van der Waals surface area (Å²) in [5.74, 6) is -0.537. The van der Waals surface area contributed by atoms with Crippen LogP contribution >= 0.6 is 11.6 Å². The maximum absolute atomic E-state index is 12.7. The van der Waals surface area contributed by atoms with E-state index in [2.05, 4.69) is 9.97 Å². The van der Waals surface area contributed by atoms with Gasteiger partial charge < -0.3 is 15.0 Å². The first-order valence-corrected chi connectivity index (χ1v) is 9.63. The molecule has 0 radical (unpaired) electrons. The summed E-state index contributed by atoms with van der Waals surface area (Å²) in [6.07, 6.45) is -1.93. The number of aromatic amines is 1. The fourth-order valence-electron chi connectivity index (χ4n) is 3.78. The summed E-state index contributed by atoms with van der Waals surface area (Å²) < 4.78 is 38.2. The second-order valence-corrected chi connectivity index (χ2v) is 7.54. The highest BCUT2D eigenvalue weighted by molar-refractivity contribution is 6.31. The Morgan fingerprint density at radius 3 is 2.50 bits per heavy atom. The van der Waals surface area contributed by atoms with Crippen molar-refractivity contribution in [2.45, 2.75) is 12.2 Å². The molecule has 1 aliphatic heterocycles. The standard InChI is InChI=1S/C20H18ClF3N4O2/c21-13-2-3-16-14(9-13)15(11-25-16)18(19(29)30)28-7-5-27(6-8-28)17-4-1-12(10-26-17)20(22,23)24/h1-4,9-11,18,25H,5-8H2,(H,29,30)/t18-/m0/s1. The van der Waals surface area contributed by atoms with Crippen molar-refractivity contribution in [3.63, 3.8) is 0 Å². The molecule has 6 nitrogen and oxygen atoms in total. The molecule has 0 saturated carbocycles. The molecule has 1 saturated heterocycles. The fraction of sp³-hybridized carbons (Fsp3) is 0.300. The minimum atomic E-state index is -4.43. The van der Waals surface area contributed by atoms with E-state index >= 15 is 0 Å². The molecule has 1 aliphatic rings. The molecule has 0 bridgehead atoms. The number of nitrogens with zero attached hydrogens (tertiary/aromatic N) is 3. The van der Waals surface area contributed by atoms with E-state index in [0.29, 0.717) is 42.6 Å². The first-order valence-electron chi connectivity index (χ1n) is 9.25. The number of anilines is 1. The van der Waals surface area contributed by atoms with Crippen LogP contribution in [0.1, 0.15) is 17.2 Å². The number of hydrogen-bond acceptors (Lipinski definition) is 4. The average Bonchev–Trinajstić information content (AvgIpc) is 3.11. The molecule has 2 N–H and O–H groups in total. The third kappa shape index (κ3) is 3.95. The molecular formula is C20H18ClF3N4O2. The molecule has 0 unspecified atom stereocenters. The normalized spacial score (nSPS) is 16.7. The van der Waals surface area contributed by atoms with Gasteiger partial charge >= 0.3 is 12.1 Å². The van der Waals surface area contributed by atoms with Crippen molar-refractivity contribution in [2.24, 2.45) is 0 Å². The number of rotatable bonds is 4. The van der Waals surface area contributed by atoms with Gasteiger partial charge in [0, 0.05) is 60.1 Å². The summed E-state index contributed by atoms with van der Waals surface area (Å²) in [4.78, 5) is 22.8. The molecule has 0 amide bonds. The van der Waals surface area contributed by atoms with Gasteiger partial charge in [-0.05, 0) is 30.3 Å². The Morgan fingerprint density at radius 1 is 1.17 bits per heavy atom. The summed E-state index contributed by atoms with van der Waals surface area (Å²) in [6.45, 7) is 1.75. The largest absolute Gasteiger partial charge is 0.480 e. The SMILES string of the molecule is O=C(O)[C@H](c1c[nH]c2ccc(Cl)cc12)N1CCN(c2ccc(C(F)(F)F)cn2)CC1. The van der Waals surface area contributed by atoms with Gasteiger partial charge in [-0.3, -0.25) is 9.69 Å². The van der Waals surface area contributed by atoms with Crippen molar-refractivity contribution in [3.8, 4) is 0 Å². The molecule has 10 heteroatoms. The Hall–Kier alpha value is -2.78. The monoisotopic (exact) mass is 438 g/mol. The summed E-state index contributed by atoms with van der Waals surface area (Å²) in [5, 5.41) is 11.2. The number of hydrogen-bond donors (Lipinski definition) is 2. The van der Waals surface area contributed by atoms with Gasteiger partial charge in [-0.1, -0.05) is 11.6 Å². The molecule has 158 valence electrons. The predicted octanol–water partition coefficient (Wildman–Crippen LogP) is 4.18. The summed E-state index contributed by atoms with van der Waals surface area (Å²) in [5.41, 5.74) is 0.628. The molecule has 3 heterocycles. The lowest BCUT2D eigenvalue weighted by atomic mass is 10.0. The lowest BCUT2D eigenvalue weighted by Gasteiger charge is -2.38. The van der Waals surface area contributed by atoms with Gasteiger partial charge in [0.25, 0.3) is 0 Å². The zero-order chi connectivity index (χ0) is 21.5. The third-order valence-electron chi connectivity index (χ3n) is 5.28. The van der Waals surface area contributed by atoms with Crippen LogP contribution in [0.4, 0.5) is 19.0 Å². The molecule has 0 aliphatic carbocycles. The van der Waals surface area contributed by atoms with Gasteiger partial charge in [-0.15, -0.1) is 0 Å². The van der Waals surface area contributed by atoms with E-state index in [4.69, 9.17) is 11.6 Å². The number of nitrogens with one attached hydrogen (secondary N) is 1. The molecule has 4 rings (SSSR count). The van der Waals surface area contributed by atoms with Crippen molar-refractivity contribution in [1.82, 2.24) is 14.9 Å². The Labute approximate surface area is 174 Å². The van der Waals surface area contributed by atoms with E-state index in [0.717, 1.165) is 23.2 Å². The van der Waals surface area contributed by atoms with Crippen molar-refractivity contribution in [2.75, 3.05) is 31.1 Å². The summed E-state index contributed by atoms with van der Waals surface area (Å²) in [7, 11) is 0. The lowest BCUT2D eigenvalue weighted by Crippen LogP contribution is -2.49. The van der Waals surface area contributed by atoms with Crippen LogP contribution in [0, 0.1) is 0 Å². The van der Waals surface area contributed by atoms with E-state index < -0.39 is 23.8 Å². The highest BCUT2D eigenvalue weighted by Gasteiger charge is 2.33. The highest BCUT2D eigenvalue weighted by Crippen LogP contribution is 2.32. The molecule has 3 aromatic rings. The van der Waals surface area contributed by atoms with E-state index in [1.165, 1.54) is 6.07 Å². The molecule has 1 atom stereocenters. The van der Waals surface area contributed by atoms with Crippen LogP contribution < -0.4 is 4.90 Å². The van der Waals surface area contributed by atoms with Gasteiger partial charge in [0.2, 0.25) is 0 Å². The first kappa shape index (κ1) is 20.5. The number of alkyl halides is 3. The zero-order valence-corrected chi connectivity index (χ0v) is 16.4. The zero-order valence-electron chi connectivity index (χ0n) is 15.7. The fourth-order valence-corrected chi connectivity index (χ4v) is 3.95. The van der Waals surface area contributed by atoms with Crippen LogP contribution in [0.25, 0.3) is 10.9 Å². The second kappa shape index (κ2) is 7.81. The number of benzene rings is 1. The van der Waals surface area contributed by atoms with Gasteiger partial charge in [-0.2, -0.15) is 13.2 Å². The van der Waals surface area contributed by atoms with Crippen LogP contribution in [-0.4, -0.2) is 52.1 Å². The lowest BCUT2D eigenvalue weighted by molar-refractivity contribution is -0.143. The van der Waals surface area contributed by atoms with Crippen LogP contribution in [0.2, 0.25) is 5.02 Å². The van der Waals surface area contributed by atoms with Gasteiger partial charge in [0.1, 0.15) is 11.9 Å². The van der Waals surface area contributed by atoms with Crippen LogP contribution in [0.3, 0.4) is 0 Å². The van der Waals surface area contributed by atoms with E-state index in [1.54, 1.807) is 24.4 Å². The number of carbonyl (C=O) groups is 1. The van der Waals surface area contributed by atoms with Gasteiger partial charge in [-0.25, -0.2) is 4.98 Å². The quantitative estimate of drug-likeness (QED) is 0.639. The minimum Gasteiger partial charge on any atom is -0.480 e. The minimum absolute atomic E-state index is 0.424. The number of H-pyrrole nitrogens is 1. The topological polar surface area (TPSA) is 72.5 Å². The number of fused-ring (bicyclic) bond motifs is 1. The Balaban J connectivity index is 1.51. The van der Waals surface area contributed by atoms with Crippen LogP contribution in [0.15, 0.2) is 42.7 Å². The summed E-state index contributed by atoms with van der Waals surface area (Å²) >= 11 is 6.08. The smallest absolute Gasteiger partial charge is 0.417 e. The van der Waals surface area contributed by atoms with Crippen molar-refractivity contribution in [3.05, 3.63) is 58.9 Å². The van der Waals surface area contributed by atoms with E-state index in [1.807, 2.05) is 9.80 Å². The molecule has 2 aromatic heterocycles. The number of halogens is 4. The highest BCUT2D eigenvalue weighted by atomic mass is 35.5. The maximum atomic E-state index is 12.7. The van der Waals surface area contributed by atoms with Crippen molar-refractivity contribution < 1.29 is 23.1 Å². The number of aliphatic carboxylic acids is 1. The molecular weight excluding hydrogens is 421 g/mol. The van der Waals surface area contributed by atoms with E-state index in [9.17, 15) is 23.1 Å². The number of carboxylic acids is 1. The maximum Gasteiger partial charge on any atom is 0.417 e. The Morgan fingerprint density at radius 2 is 1.90 bits per heavy atom. The number of aromatic nitrogens is 2. The first-order chi connectivity index (χ1) is 14.2. The predicted molar refractivity (Wildman–Crippen MR) is 107 cm³/mol. The number of pyridine rings is 1. The number of piperazine rings is 1. The average molecular weight is 439 g/mol. The molecule has 1 fully saturated rings. The van der Waals surface area contributed by atoms with Gasteiger partial charge in [0.05, 0.1) is 5.56 Å². The van der Waals surface area contributed by atoms with Crippen LogP contribution in [0.5, 0.6) is 0 Å². The second-order valence-electron chi connectivity index (χ2n) is 7.10. The summed E-state index contributed by atoms with van der Waals surface area (Å²) in [6, 6.07) is 6.75. The van der Waals surface area contributed by atoms with Crippen molar-refractivity contribution >= 4 is 34.3 Å².